The van der Waals surface area contributed by atoms with E-state index in [9.17, 15) is 4.79 Å². The van der Waals surface area contributed by atoms with Gasteiger partial charge in [-0.1, -0.05) is 19.8 Å². The second-order valence-electron chi connectivity index (χ2n) is 4.73. The van der Waals surface area contributed by atoms with Crippen LogP contribution < -0.4 is 10.1 Å². The molecular formula is C16H25NO3. The van der Waals surface area contributed by atoms with Crippen LogP contribution in [0, 0.1) is 0 Å². The quantitative estimate of drug-likeness (QED) is 0.665. The Labute approximate surface area is 121 Å². The van der Waals surface area contributed by atoms with Gasteiger partial charge in [0.1, 0.15) is 5.75 Å². The fourth-order valence-electron chi connectivity index (χ4n) is 1.74. The van der Waals surface area contributed by atoms with Crippen LogP contribution >= 0.6 is 0 Å². The zero-order chi connectivity index (χ0) is 14.6. The first-order chi connectivity index (χ1) is 9.72. The molecule has 0 spiro atoms. The van der Waals surface area contributed by atoms with Crippen LogP contribution in [0.4, 0.5) is 5.69 Å². The molecule has 1 aromatic carbocycles. The van der Waals surface area contributed by atoms with Crippen molar-refractivity contribution in [2.45, 2.75) is 39.5 Å². The van der Waals surface area contributed by atoms with Gasteiger partial charge >= 0.3 is 0 Å². The maximum Gasteiger partial charge on any atom is 0.221 e. The van der Waals surface area contributed by atoms with Crippen molar-refractivity contribution in [1.29, 1.82) is 0 Å². The summed E-state index contributed by atoms with van der Waals surface area (Å²) in [5.41, 5.74) is 0.782. The molecule has 0 aliphatic carbocycles. The standard InChI is InChI=1S/C16H25NO3/c1-3-4-5-11-19-12-6-13-20-16-9-7-15(8-10-16)17-14(2)18/h7-10H,3-6,11-13H2,1-2H3,(H,17,18). The third kappa shape index (κ3) is 7.79. The Hall–Kier alpha value is -1.55. The first kappa shape index (κ1) is 16.5. The van der Waals surface area contributed by atoms with Gasteiger partial charge in [0.05, 0.1) is 6.61 Å². The van der Waals surface area contributed by atoms with Crippen LogP contribution in [0.25, 0.3) is 0 Å². The molecule has 0 aliphatic rings. The highest BCUT2D eigenvalue weighted by Crippen LogP contribution is 2.15. The highest BCUT2D eigenvalue weighted by molar-refractivity contribution is 5.88. The molecule has 20 heavy (non-hydrogen) atoms. The molecule has 0 unspecified atom stereocenters. The molecule has 1 aromatic rings. The molecule has 0 fully saturated rings. The van der Waals surface area contributed by atoms with Gasteiger partial charge in [-0.3, -0.25) is 4.79 Å². The summed E-state index contributed by atoms with van der Waals surface area (Å²) < 4.78 is 11.1. The number of anilines is 1. The largest absolute Gasteiger partial charge is 0.494 e. The van der Waals surface area contributed by atoms with E-state index in [1.54, 1.807) is 0 Å². The summed E-state index contributed by atoms with van der Waals surface area (Å²) in [5, 5.41) is 2.72. The molecule has 4 nitrogen and oxygen atoms in total. The molecule has 0 atom stereocenters. The van der Waals surface area contributed by atoms with E-state index in [1.165, 1.54) is 19.8 Å². The van der Waals surface area contributed by atoms with Crippen molar-refractivity contribution in [3.05, 3.63) is 24.3 Å². The third-order valence-electron chi connectivity index (χ3n) is 2.77. The normalized spacial score (nSPS) is 10.3. The van der Waals surface area contributed by atoms with E-state index >= 15 is 0 Å². The van der Waals surface area contributed by atoms with E-state index in [1.807, 2.05) is 24.3 Å². The zero-order valence-electron chi connectivity index (χ0n) is 12.5. The Bertz CT molecular complexity index is 376. The van der Waals surface area contributed by atoms with Crippen LogP contribution in [0.5, 0.6) is 5.75 Å². The van der Waals surface area contributed by atoms with Crippen molar-refractivity contribution in [2.24, 2.45) is 0 Å². The molecule has 0 aromatic heterocycles. The van der Waals surface area contributed by atoms with Gasteiger partial charge in [-0.25, -0.2) is 0 Å². The Kier molecular flexibility index (Phi) is 8.47. The van der Waals surface area contributed by atoms with Gasteiger partial charge in [0.2, 0.25) is 5.91 Å². The first-order valence-corrected chi connectivity index (χ1v) is 7.30. The highest BCUT2D eigenvalue weighted by atomic mass is 16.5. The number of benzene rings is 1. The number of carbonyl (C=O) groups is 1. The lowest BCUT2D eigenvalue weighted by Crippen LogP contribution is -2.06. The van der Waals surface area contributed by atoms with Crippen LogP contribution in [-0.4, -0.2) is 25.7 Å². The van der Waals surface area contributed by atoms with E-state index in [4.69, 9.17) is 9.47 Å². The Balaban J connectivity index is 2.08. The highest BCUT2D eigenvalue weighted by Gasteiger charge is 1.97. The lowest BCUT2D eigenvalue weighted by atomic mass is 10.3. The van der Waals surface area contributed by atoms with Gasteiger partial charge in [0.25, 0.3) is 0 Å². The van der Waals surface area contributed by atoms with E-state index in [0.29, 0.717) is 6.61 Å². The SMILES string of the molecule is CCCCCOCCCOc1ccc(NC(C)=O)cc1. The summed E-state index contributed by atoms with van der Waals surface area (Å²) in [6, 6.07) is 7.37. The van der Waals surface area contributed by atoms with Crippen molar-refractivity contribution in [3.63, 3.8) is 0 Å². The van der Waals surface area contributed by atoms with E-state index in [-0.39, 0.29) is 5.91 Å². The Morgan fingerprint density at radius 1 is 1.05 bits per heavy atom. The number of hydrogen-bond acceptors (Lipinski definition) is 3. The maximum atomic E-state index is 10.9. The minimum absolute atomic E-state index is 0.0705. The molecule has 0 saturated heterocycles. The molecule has 0 bridgehead atoms. The number of carbonyl (C=O) groups excluding carboxylic acids is 1. The number of nitrogens with one attached hydrogen (secondary N) is 1. The van der Waals surface area contributed by atoms with E-state index in [2.05, 4.69) is 12.2 Å². The topological polar surface area (TPSA) is 47.6 Å². The van der Waals surface area contributed by atoms with Gasteiger partial charge < -0.3 is 14.8 Å². The average molecular weight is 279 g/mol. The smallest absolute Gasteiger partial charge is 0.221 e. The summed E-state index contributed by atoms with van der Waals surface area (Å²) in [7, 11) is 0. The van der Waals surface area contributed by atoms with Crippen molar-refractivity contribution in [2.75, 3.05) is 25.1 Å². The summed E-state index contributed by atoms with van der Waals surface area (Å²) in [6.45, 7) is 5.91. The molecule has 1 rings (SSSR count). The molecule has 0 heterocycles. The molecule has 0 radical (unpaired) electrons. The van der Waals surface area contributed by atoms with Gasteiger partial charge in [-0.05, 0) is 30.7 Å². The van der Waals surface area contributed by atoms with Crippen molar-refractivity contribution >= 4 is 11.6 Å². The minimum atomic E-state index is -0.0705. The second-order valence-corrected chi connectivity index (χ2v) is 4.73. The van der Waals surface area contributed by atoms with Crippen LogP contribution in [0.1, 0.15) is 39.5 Å². The van der Waals surface area contributed by atoms with Crippen molar-refractivity contribution < 1.29 is 14.3 Å². The van der Waals surface area contributed by atoms with Gasteiger partial charge in [0.15, 0.2) is 0 Å². The summed E-state index contributed by atoms with van der Waals surface area (Å²) in [6.07, 6.45) is 4.49. The number of rotatable bonds is 10. The van der Waals surface area contributed by atoms with Crippen LogP contribution in [0.3, 0.4) is 0 Å². The lowest BCUT2D eigenvalue weighted by molar-refractivity contribution is -0.114. The zero-order valence-corrected chi connectivity index (χ0v) is 12.5. The summed E-state index contributed by atoms with van der Waals surface area (Å²) in [5.74, 6) is 0.740. The lowest BCUT2D eigenvalue weighted by Gasteiger charge is -2.08. The molecule has 4 heteroatoms. The van der Waals surface area contributed by atoms with E-state index in [0.717, 1.165) is 37.5 Å². The predicted molar refractivity (Wildman–Crippen MR) is 81.2 cm³/mol. The Morgan fingerprint density at radius 3 is 2.40 bits per heavy atom. The predicted octanol–water partition coefficient (Wildman–Crippen LogP) is 3.62. The number of ether oxygens (including phenoxy) is 2. The molecular weight excluding hydrogens is 254 g/mol. The fraction of sp³-hybridized carbons (Fsp3) is 0.562. The van der Waals surface area contributed by atoms with Crippen LogP contribution in [-0.2, 0) is 9.53 Å². The molecule has 0 saturated carbocycles. The maximum absolute atomic E-state index is 10.9. The monoisotopic (exact) mass is 279 g/mol. The van der Waals surface area contributed by atoms with Crippen molar-refractivity contribution in [3.8, 4) is 5.75 Å². The number of amides is 1. The van der Waals surface area contributed by atoms with Crippen molar-refractivity contribution in [1.82, 2.24) is 0 Å². The molecule has 1 N–H and O–H groups in total. The van der Waals surface area contributed by atoms with E-state index < -0.39 is 0 Å². The first-order valence-electron chi connectivity index (χ1n) is 7.30. The number of hydrogen-bond donors (Lipinski definition) is 1. The molecule has 1 amide bonds. The van der Waals surface area contributed by atoms with Gasteiger partial charge in [-0.15, -0.1) is 0 Å². The summed E-state index contributed by atoms with van der Waals surface area (Å²) in [4.78, 5) is 10.9. The fourth-order valence-corrected chi connectivity index (χ4v) is 1.74. The van der Waals surface area contributed by atoms with Crippen LogP contribution in [0.15, 0.2) is 24.3 Å². The molecule has 0 aliphatic heterocycles. The average Bonchev–Trinajstić information content (AvgIpc) is 2.43. The van der Waals surface area contributed by atoms with Gasteiger partial charge in [-0.2, -0.15) is 0 Å². The molecule has 112 valence electrons. The van der Waals surface area contributed by atoms with Gasteiger partial charge in [0, 0.05) is 32.2 Å². The minimum Gasteiger partial charge on any atom is -0.494 e. The Morgan fingerprint density at radius 2 is 1.75 bits per heavy atom. The number of unbranched alkanes of at least 4 members (excludes halogenated alkanes) is 2. The van der Waals surface area contributed by atoms with Crippen LogP contribution in [0.2, 0.25) is 0 Å². The second kappa shape index (κ2) is 10.3. The third-order valence-corrected chi connectivity index (χ3v) is 2.77. The summed E-state index contributed by atoms with van der Waals surface area (Å²) >= 11 is 0.